The van der Waals surface area contributed by atoms with Crippen molar-refractivity contribution in [2.24, 2.45) is 5.10 Å². The van der Waals surface area contributed by atoms with E-state index in [1.165, 1.54) is 0 Å². The minimum Gasteiger partial charge on any atom is -0.496 e. The number of hydrogen-bond acceptors (Lipinski definition) is 4. The number of nitrogens with zero attached hydrogens (tertiary/aromatic N) is 2. The molecule has 0 bridgehead atoms. The van der Waals surface area contributed by atoms with Crippen LogP contribution in [0.1, 0.15) is 23.6 Å². The van der Waals surface area contributed by atoms with Crippen LogP contribution in [-0.4, -0.2) is 19.9 Å². The number of para-hydroxylation sites is 3. The third-order valence-corrected chi connectivity index (χ3v) is 5.05. The SMILES string of the molecule is COc1ccccc1/C=C/C1=NN(c2ccccc2)[C@@H](c2ccccc2OC)C1. The molecular formula is C25H24N2O2. The number of benzene rings is 3. The Balaban J connectivity index is 1.68. The van der Waals surface area contributed by atoms with E-state index in [-0.39, 0.29) is 6.04 Å². The molecule has 3 aromatic carbocycles. The molecule has 0 aliphatic carbocycles. The van der Waals surface area contributed by atoms with Crippen molar-refractivity contribution >= 4 is 17.5 Å². The highest BCUT2D eigenvalue weighted by Gasteiger charge is 2.30. The summed E-state index contributed by atoms with van der Waals surface area (Å²) in [7, 11) is 3.40. The van der Waals surface area contributed by atoms with Crippen LogP contribution in [0.4, 0.5) is 5.69 Å². The molecule has 0 spiro atoms. The second-order valence-corrected chi connectivity index (χ2v) is 6.81. The van der Waals surface area contributed by atoms with E-state index in [2.05, 4.69) is 35.4 Å². The van der Waals surface area contributed by atoms with Crippen molar-refractivity contribution in [2.75, 3.05) is 19.2 Å². The molecule has 1 heterocycles. The van der Waals surface area contributed by atoms with Crippen LogP contribution in [0.25, 0.3) is 6.08 Å². The monoisotopic (exact) mass is 384 g/mol. The third kappa shape index (κ3) is 4.02. The van der Waals surface area contributed by atoms with Crippen molar-refractivity contribution in [1.29, 1.82) is 0 Å². The summed E-state index contributed by atoms with van der Waals surface area (Å²) in [5, 5.41) is 7.01. The fourth-order valence-corrected chi connectivity index (χ4v) is 3.63. The van der Waals surface area contributed by atoms with Crippen molar-refractivity contribution in [3.63, 3.8) is 0 Å². The van der Waals surface area contributed by atoms with E-state index in [0.29, 0.717) is 0 Å². The van der Waals surface area contributed by atoms with Crippen molar-refractivity contribution in [1.82, 2.24) is 0 Å². The van der Waals surface area contributed by atoms with Gasteiger partial charge in [0.2, 0.25) is 0 Å². The van der Waals surface area contributed by atoms with Crippen LogP contribution < -0.4 is 14.5 Å². The van der Waals surface area contributed by atoms with Gasteiger partial charge in [-0.15, -0.1) is 0 Å². The van der Waals surface area contributed by atoms with Crippen LogP contribution in [0.5, 0.6) is 11.5 Å². The Morgan fingerprint density at radius 2 is 1.45 bits per heavy atom. The van der Waals surface area contributed by atoms with Gasteiger partial charge in [-0.2, -0.15) is 5.10 Å². The smallest absolute Gasteiger partial charge is 0.126 e. The van der Waals surface area contributed by atoms with E-state index < -0.39 is 0 Å². The summed E-state index contributed by atoms with van der Waals surface area (Å²) < 4.78 is 11.1. The third-order valence-electron chi connectivity index (χ3n) is 5.05. The number of hydrogen-bond donors (Lipinski definition) is 0. The standard InChI is InChI=1S/C25H24N2O2/c1-28-24-14-8-6-10-19(24)16-17-20-18-23(22-13-7-9-15-25(22)29-2)27(26-20)21-11-4-3-5-12-21/h3-17,23H,18H2,1-2H3/b17-16+/t23-/m1/s1. The molecule has 146 valence electrons. The number of methoxy groups -OCH3 is 2. The Labute approximate surface area is 171 Å². The van der Waals surface area contributed by atoms with Crippen LogP contribution in [-0.2, 0) is 0 Å². The molecule has 1 aliphatic heterocycles. The summed E-state index contributed by atoms with van der Waals surface area (Å²) in [6.07, 6.45) is 4.93. The maximum absolute atomic E-state index is 5.62. The van der Waals surface area contributed by atoms with E-state index in [0.717, 1.165) is 40.4 Å². The van der Waals surface area contributed by atoms with Crippen LogP contribution in [0.3, 0.4) is 0 Å². The Kier molecular flexibility index (Phi) is 5.61. The molecule has 1 aliphatic rings. The molecule has 0 aromatic heterocycles. The fraction of sp³-hybridized carbons (Fsp3) is 0.160. The summed E-state index contributed by atoms with van der Waals surface area (Å²) in [6, 6.07) is 26.5. The minimum absolute atomic E-state index is 0.0749. The second-order valence-electron chi connectivity index (χ2n) is 6.81. The first kappa shape index (κ1) is 18.8. The lowest BCUT2D eigenvalue weighted by Crippen LogP contribution is -2.19. The normalized spacial score (nSPS) is 16.1. The molecule has 0 fully saturated rings. The maximum Gasteiger partial charge on any atom is 0.126 e. The molecule has 4 nitrogen and oxygen atoms in total. The molecule has 0 amide bonds. The van der Waals surface area contributed by atoms with Gasteiger partial charge in [0.1, 0.15) is 11.5 Å². The van der Waals surface area contributed by atoms with Gasteiger partial charge in [-0.3, -0.25) is 5.01 Å². The first-order chi connectivity index (χ1) is 14.3. The molecule has 0 saturated heterocycles. The molecule has 3 aromatic rings. The number of rotatable bonds is 6. The lowest BCUT2D eigenvalue weighted by molar-refractivity contribution is 0.405. The zero-order valence-electron chi connectivity index (χ0n) is 16.7. The predicted octanol–water partition coefficient (Wildman–Crippen LogP) is 5.72. The topological polar surface area (TPSA) is 34.1 Å². The molecule has 1 atom stereocenters. The first-order valence-electron chi connectivity index (χ1n) is 9.66. The lowest BCUT2D eigenvalue weighted by Gasteiger charge is -2.25. The van der Waals surface area contributed by atoms with Gasteiger partial charge in [0.25, 0.3) is 0 Å². The minimum atomic E-state index is 0.0749. The van der Waals surface area contributed by atoms with Crippen LogP contribution in [0, 0.1) is 0 Å². The first-order valence-corrected chi connectivity index (χ1v) is 9.66. The average molecular weight is 384 g/mol. The van der Waals surface area contributed by atoms with Gasteiger partial charge in [0.05, 0.1) is 31.7 Å². The van der Waals surface area contributed by atoms with Gasteiger partial charge in [0.15, 0.2) is 0 Å². The highest BCUT2D eigenvalue weighted by Crippen LogP contribution is 2.39. The molecule has 29 heavy (non-hydrogen) atoms. The predicted molar refractivity (Wildman–Crippen MR) is 119 cm³/mol. The van der Waals surface area contributed by atoms with Gasteiger partial charge in [-0.05, 0) is 36.4 Å². The highest BCUT2D eigenvalue weighted by molar-refractivity contribution is 6.01. The van der Waals surface area contributed by atoms with E-state index in [4.69, 9.17) is 14.6 Å². The molecular weight excluding hydrogens is 360 g/mol. The molecule has 0 radical (unpaired) electrons. The van der Waals surface area contributed by atoms with E-state index in [1.807, 2.05) is 60.7 Å². The van der Waals surface area contributed by atoms with Gasteiger partial charge in [-0.1, -0.05) is 54.6 Å². The Morgan fingerprint density at radius 1 is 0.793 bits per heavy atom. The highest BCUT2D eigenvalue weighted by atomic mass is 16.5. The number of hydrazone groups is 1. The summed E-state index contributed by atoms with van der Waals surface area (Å²) in [5.74, 6) is 1.73. The van der Waals surface area contributed by atoms with Gasteiger partial charge < -0.3 is 9.47 Å². The van der Waals surface area contributed by atoms with Crippen molar-refractivity contribution in [3.05, 3.63) is 96.1 Å². The van der Waals surface area contributed by atoms with Crippen molar-refractivity contribution in [2.45, 2.75) is 12.5 Å². The molecule has 0 unspecified atom stereocenters. The lowest BCUT2D eigenvalue weighted by atomic mass is 9.99. The number of ether oxygens (including phenoxy) is 2. The molecule has 4 heteroatoms. The second kappa shape index (κ2) is 8.65. The fourth-order valence-electron chi connectivity index (χ4n) is 3.63. The molecule has 4 rings (SSSR count). The Hall–Kier alpha value is -3.53. The quantitative estimate of drug-likeness (QED) is 0.545. The maximum atomic E-state index is 5.62. The molecule has 0 saturated carbocycles. The Bertz CT molecular complexity index is 1030. The van der Waals surface area contributed by atoms with Crippen LogP contribution in [0.2, 0.25) is 0 Å². The zero-order chi connectivity index (χ0) is 20.1. The van der Waals surface area contributed by atoms with Gasteiger partial charge in [0, 0.05) is 17.5 Å². The zero-order valence-corrected chi connectivity index (χ0v) is 16.7. The number of allylic oxidation sites excluding steroid dienone is 1. The average Bonchev–Trinajstić information content (AvgIpc) is 3.22. The Morgan fingerprint density at radius 3 is 2.21 bits per heavy atom. The summed E-state index contributed by atoms with van der Waals surface area (Å²) in [5.41, 5.74) is 4.23. The summed E-state index contributed by atoms with van der Waals surface area (Å²) >= 11 is 0. The molecule has 0 N–H and O–H groups in total. The van der Waals surface area contributed by atoms with Crippen LogP contribution >= 0.6 is 0 Å². The number of anilines is 1. The van der Waals surface area contributed by atoms with Crippen LogP contribution in [0.15, 0.2) is 90.0 Å². The van der Waals surface area contributed by atoms with E-state index >= 15 is 0 Å². The van der Waals surface area contributed by atoms with Crippen molar-refractivity contribution in [3.8, 4) is 11.5 Å². The summed E-state index contributed by atoms with van der Waals surface area (Å²) in [6.45, 7) is 0. The van der Waals surface area contributed by atoms with E-state index in [1.54, 1.807) is 14.2 Å². The largest absolute Gasteiger partial charge is 0.496 e. The van der Waals surface area contributed by atoms with Gasteiger partial charge in [-0.25, -0.2) is 0 Å². The van der Waals surface area contributed by atoms with Gasteiger partial charge >= 0.3 is 0 Å². The van der Waals surface area contributed by atoms with Crippen molar-refractivity contribution < 1.29 is 9.47 Å². The van der Waals surface area contributed by atoms with E-state index in [9.17, 15) is 0 Å². The summed E-state index contributed by atoms with van der Waals surface area (Å²) in [4.78, 5) is 0.